The fourth-order valence-corrected chi connectivity index (χ4v) is 1.92. The van der Waals surface area contributed by atoms with E-state index >= 15 is 0 Å². The normalized spacial score (nSPS) is 11.7. The van der Waals surface area contributed by atoms with Gasteiger partial charge in [-0.1, -0.05) is 18.5 Å². The molecule has 1 amide bonds. The summed E-state index contributed by atoms with van der Waals surface area (Å²) < 4.78 is 5.64. The summed E-state index contributed by atoms with van der Waals surface area (Å²) in [5.41, 5.74) is 0.707. The maximum absolute atomic E-state index is 11.3. The van der Waals surface area contributed by atoms with E-state index in [1.165, 1.54) is 6.20 Å². The van der Waals surface area contributed by atoms with Gasteiger partial charge in [0.2, 0.25) is 6.41 Å². The van der Waals surface area contributed by atoms with Crippen LogP contribution in [0.5, 0.6) is 5.75 Å². The van der Waals surface area contributed by atoms with E-state index in [4.69, 9.17) is 16.3 Å². The molecule has 0 N–H and O–H groups in total. The largest absolute Gasteiger partial charge is 0.490 e. The number of carbonyl (C=O) groups excluding carboxylic acids is 1. The minimum absolute atomic E-state index is 0.192. The van der Waals surface area contributed by atoms with Gasteiger partial charge in [-0.05, 0) is 30.7 Å². The van der Waals surface area contributed by atoms with Gasteiger partial charge in [0.25, 0.3) is 0 Å². The van der Waals surface area contributed by atoms with E-state index in [0.29, 0.717) is 29.6 Å². The van der Waals surface area contributed by atoms with Crippen LogP contribution in [0.4, 0.5) is 5.69 Å². The zero-order valence-electron chi connectivity index (χ0n) is 11.4. The first kappa shape index (κ1) is 15.3. The maximum atomic E-state index is 11.3. The van der Waals surface area contributed by atoms with Crippen LogP contribution in [-0.2, 0) is 4.79 Å². The number of hydrogen-bond donors (Lipinski definition) is 0. The zero-order valence-corrected chi connectivity index (χ0v) is 12.1. The van der Waals surface area contributed by atoms with Crippen molar-refractivity contribution in [3.8, 4) is 5.75 Å². The van der Waals surface area contributed by atoms with Crippen LogP contribution in [0.3, 0.4) is 0 Å². The number of pyridine rings is 2. The van der Waals surface area contributed by atoms with Crippen molar-refractivity contribution in [2.24, 2.45) is 0 Å². The zero-order chi connectivity index (χ0) is 15.1. The van der Waals surface area contributed by atoms with Gasteiger partial charge in [0, 0.05) is 6.20 Å². The molecule has 21 heavy (non-hydrogen) atoms. The Balaban J connectivity index is 2.04. The molecule has 0 saturated carbocycles. The molecule has 0 aliphatic heterocycles. The third-order valence-electron chi connectivity index (χ3n) is 2.93. The van der Waals surface area contributed by atoms with Crippen molar-refractivity contribution in [1.82, 2.24) is 9.97 Å². The van der Waals surface area contributed by atoms with E-state index < -0.39 is 0 Å². The van der Waals surface area contributed by atoms with Crippen molar-refractivity contribution in [1.29, 1.82) is 0 Å². The van der Waals surface area contributed by atoms with E-state index in [9.17, 15) is 4.79 Å². The van der Waals surface area contributed by atoms with E-state index in [1.54, 1.807) is 35.5 Å². The number of ether oxygens (including phenoxy) is 1. The smallest absolute Gasteiger partial charge is 0.214 e. The van der Waals surface area contributed by atoms with Crippen molar-refractivity contribution in [3.05, 3.63) is 54.9 Å². The molecule has 1 atom stereocenters. The molecule has 0 aliphatic carbocycles. The summed E-state index contributed by atoms with van der Waals surface area (Å²) in [5.74, 6) is 0.592. The summed E-state index contributed by atoms with van der Waals surface area (Å²) >= 11 is 5.72. The number of halogens is 1. The van der Waals surface area contributed by atoms with Crippen LogP contribution in [-0.4, -0.2) is 29.0 Å². The number of anilines is 1. The quantitative estimate of drug-likeness (QED) is 0.583. The molecule has 0 saturated heterocycles. The molecule has 0 spiro atoms. The predicted molar refractivity (Wildman–Crippen MR) is 81.3 cm³/mol. The van der Waals surface area contributed by atoms with Crippen LogP contribution in [0.25, 0.3) is 0 Å². The van der Waals surface area contributed by atoms with Gasteiger partial charge in [-0.3, -0.25) is 9.78 Å². The monoisotopic (exact) mass is 304 g/mol. The molecule has 0 bridgehead atoms. The lowest BCUT2D eigenvalue weighted by Gasteiger charge is -2.27. The molecule has 6 heteroatoms. The highest BCUT2D eigenvalue weighted by atomic mass is 35.5. The van der Waals surface area contributed by atoms with Crippen LogP contribution < -0.4 is 9.64 Å². The average Bonchev–Trinajstić information content (AvgIpc) is 2.54. The Kier molecular flexibility index (Phi) is 5.51. The number of aromatic nitrogens is 2. The van der Waals surface area contributed by atoms with Crippen LogP contribution in [0.1, 0.15) is 6.42 Å². The molecule has 2 aromatic rings. The van der Waals surface area contributed by atoms with E-state index in [-0.39, 0.29) is 6.04 Å². The van der Waals surface area contributed by atoms with Gasteiger partial charge in [-0.15, -0.1) is 0 Å². The molecule has 0 aromatic carbocycles. The number of rotatable bonds is 7. The Hall–Kier alpha value is -2.14. The summed E-state index contributed by atoms with van der Waals surface area (Å²) in [5, 5.41) is 0.404. The number of carbonyl (C=O) groups is 1. The first-order valence-electron chi connectivity index (χ1n) is 6.42. The standard InChI is InChI=1S/C15H15ClN3O2/c1-2-12(10-21-14-5-6-15(16)18-9-14)19(11-20)13-4-3-7-17-8-13/h3-9,11-12H,1-2,10H2. The van der Waals surface area contributed by atoms with Gasteiger partial charge in [0.1, 0.15) is 17.5 Å². The third kappa shape index (κ3) is 4.16. The van der Waals surface area contributed by atoms with Gasteiger partial charge in [0.15, 0.2) is 0 Å². The predicted octanol–water partition coefficient (Wildman–Crippen LogP) is 2.76. The summed E-state index contributed by atoms with van der Waals surface area (Å²) in [7, 11) is 0. The maximum Gasteiger partial charge on any atom is 0.214 e. The summed E-state index contributed by atoms with van der Waals surface area (Å²) in [6.07, 6.45) is 6.09. The Bertz CT molecular complexity index is 563. The van der Waals surface area contributed by atoms with E-state index in [0.717, 1.165) is 6.41 Å². The van der Waals surface area contributed by atoms with Crippen LogP contribution in [0, 0.1) is 6.92 Å². The Morgan fingerprint density at radius 1 is 1.38 bits per heavy atom. The minimum Gasteiger partial charge on any atom is -0.490 e. The van der Waals surface area contributed by atoms with Crippen molar-refractivity contribution in [2.75, 3.05) is 11.5 Å². The van der Waals surface area contributed by atoms with Crippen LogP contribution in [0.15, 0.2) is 42.9 Å². The molecule has 1 radical (unpaired) electrons. The molecule has 109 valence electrons. The SMILES string of the molecule is [CH2]CC(COc1ccc(Cl)nc1)N(C=O)c1cccnc1. The summed E-state index contributed by atoms with van der Waals surface area (Å²) in [6.45, 7) is 4.18. The molecular formula is C15H15ClN3O2. The highest BCUT2D eigenvalue weighted by Gasteiger charge is 2.18. The second kappa shape index (κ2) is 7.59. The second-order valence-electron chi connectivity index (χ2n) is 4.29. The van der Waals surface area contributed by atoms with E-state index in [1.807, 2.05) is 6.07 Å². The first-order valence-corrected chi connectivity index (χ1v) is 6.79. The summed E-state index contributed by atoms with van der Waals surface area (Å²) in [6, 6.07) is 6.77. The Labute approximate surface area is 128 Å². The minimum atomic E-state index is -0.192. The average molecular weight is 305 g/mol. The highest BCUT2D eigenvalue weighted by molar-refractivity contribution is 6.29. The lowest BCUT2D eigenvalue weighted by atomic mass is 10.2. The van der Waals surface area contributed by atoms with Gasteiger partial charge in [-0.2, -0.15) is 0 Å². The van der Waals surface area contributed by atoms with Gasteiger partial charge in [-0.25, -0.2) is 4.98 Å². The van der Waals surface area contributed by atoms with Crippen LogP contribution in [0.2, 0.25) is 5.15 Å². The van der Waals surface area contributed by atoms with Gasteiger partial charge >= 0.3 is 0 Å². The first-order chi connectivity index (χ1) is 10.2. The summed E-state index contributed by atoms with van der Waals surface area (Å²) in [4.78, 5) is 20.9. The molecule has 2 aromatic heterocycles. The molecular weight excluding hydrogens is 290 g/mol. The molecule has 2 rings (SSSR count). The lowest BCUT2D eigenvalue weighted by Crippen LogP contribution is -2.38. The Morgan fingerprint density at radius 3 is 2.81 bits per heavy atom. The van der Waals surface area contributed by atoms with Crippen LogP contribution >= 0.6 is 11.6 Å². The second-order valence-corrected chi connectivity index (χ2v) is 4.68. The van der Waals surface area contributed by atoms with E-state index in [2.05, 4.69) is 16.9 Å². The lowest BCUT2D eigenvalue weighted by molar-refractivity contribution is -0.108. The van der Waals surface area contributed by atoms with Crippen molar-refractivity contribution >= 4 is 23.7 Å². The number of hydrogen-bond acceptors (Lipinski definition) is 4. The molecule has 0 aliphatic rings. The molecule has 0 fully saturated rings. The third-order valence-corrected chi connectivity index (χ3v) is 3.15. The fraction of sp³-hybridized carbons (Fsp3) is 0.200. The number of amides is 1. The topological polar surface area (TPSA) is 55.3 Å². The van der Waals surface area contributed by atoms with Gasteiger partial charge < -0.3 is 9.64 Å². The van der Waals surface area contributed by atoms with Crippen molar-refractivity contribution in [3.63, 3.8) is 0 Å². The highest BCUT2D eigenvalue weighted by Crippen LogP contribution is 2.17. The molecule has 5 nitrogen and oxygen atoms in total. The molecule has 1 unspecified atom stereocenters. The fourth-order valence-electron chi connectivity index (χ4n) is 1.81. The Morgan fingerprint density at radius 2 is 2.24 bits per heavy atom. The molecule has 2 heterocycles. The van der Waals surface area contributed by atoms with Crippen molar-refractivity contribution < 1.29 is 9.53 Å². The number of nitrogens with zero attached hydrogens (tertiary/aromatic N) is 3. The van der Waals surface area contributed by atoms with Crippen molar-refractivity contribution in [2.45, 2.75) is 12.5 Å². The van der Waals surface area contributed by atoms with Gasteiger partial charge in [0.05, 0.1) is 24.1 Å².